The quantitative estimate of drug-likeness (QED) is 0.472. The van der Waals surface area contributed by atoms with Gasteiger partial charge in [0.25, 0.3) is 0 Å². The van der Waals surface area contributed by atoms with E-state index in [0.717, 1.165) is 24.2 Å². The Morgan fingerprint density at radius 1 is 1.07 bits per heavy atom. The van der Waals surface area contributed by atoms with Crippen molar-refractivity contribution in [2.75, 3.05) is 11.9 Å². The zero-order valence-corrected chi connectivity index (χ0v) is 18.7. The van der Waals surface area contributed by atoms with Crippen LogP contribution in [0.5, 0.6) is 0 Å². The summed E-state index contributed by atoms with van der Waals surface area (Å²) in [4.78, 5) is 18.3. The minimum Gasteiger partial charge on any atom is -0.312 e. The normalized spacial score (nSPS) is 17.9. The summed E-state index contributed by atoms with van der Waals surface area (Å²) >= 11 is 8.10. The summed E-state index contributed by atoms with van der Waals surface area (Å²) in [5.41, 5.74) is 6.04. The van der Waals surface area contributed by atoms with Crippen molar-refractivity contribution < 1.29 is 4.79 Å². The number of halogens is 1. The van der Waals surface area contributed by atoms with Gasteiger partial charge in [-0.3, -0.25) is 0 Å². The van der Waals surface area contributed by atoms with Crippen molar-refractivity contribution in [3.05, 3.63) is 85.6 Å². The number of hydrogen-bond acceptors (Lipinski definition) is 2. The highest BCUT2D eigenvalue weighted by Crippen LogP contribution is 2.45. The Morgan fingerprint density at radius 2 is 1.87 bits per heavy atom. The molecular weight excluding hydrogens is 412 g/mol. The van der Waals surface area contributed by atoms with Gasteiger partial charge in [0.05, 0.1) is 6.04 Å². The number of amides is 2. The third-order valence-electron chi connectivity index (χ3n) is 6.29. The summed E-state index contributed by atoms with van der Waals surface area (Å²) < 4.78 is 0. The number of thiophene rings is 1. The topological polar surface area (TPSA) is 32.3 Å². The second-order valence-electron chi connectivity index (χ2n) is 8.20. The molecule has 3 nitrogen and oxygen atoms in total. The molecule has 154 valence electrons. The molecule has 2 aliphatic rings. The molecule has 1 N–H and O–H groups in total. The molecule has 2 aromatic carbocycles. The van der Waals surface area contributed by atoms with E-state index in [1.165, 1.54) is 41.7 Å². The van der Waals surface area contributed by atoms with Gasteiger partial charge >= 0.3 is 6.03 Å². The monoisotopic (exact) mass is 436 g/mol. The second kappa shape index (κ2) is 8.09. The van der Waals surface area contributed by atoms with Gasteiger partial charge in [-0.05, 0) is 73.4 Å². The summed E-state index contributed by atoms with van der Waals surface area (Å²) in [5, 5.41) is 3.75. The molecule has 1 aromatic heterocycles. The van der Waals surface area contributed by atoms with E-state index in [1.807, 2.05) is 47.4 Å². The predicted octanol–water partition coefficient (Wildman–Crippen LogP) is 6.77. The van der Waals surface area contributed by atoms with E-state index < -0.39 is 0 Å². The lowest BCUT2D eigenvalue weighted by molar-refractivity contribution is 0.195. The molecule has 1 aliphatic carbocycles. The molecule has 1 aliphatic heterocycles. The molecule has 0 saturated carbocycles. The first-order valence-corrected chi connectivity index (χ1v) is 11.8. The molecule has 5 heteroatoms. The van der Waals surface area contributed by atoms with Crippen LogP contribution in [0.1, 0.15) is 50.9 Å². The molecule has 2 heterocycles. The maximum Gasteiger partial charge on any atom is 0.322 e. The summed E-state index contributed by atoms with van der Waals surface area (Å²) in [5.74, 6) is 0. The molecule has 3 aromatic rings. The number of carbonyl (C=O) groups excluding carboxylic acids is 1. The summed E-state index contributed by atoms with van der Waals surface area (Å²) in [6.07, 6.45) is 5.87. The van der Waals surface area contributed by atoms with Crippen LogP contribution in [0.2, 0.25) is 5.02 Å². The molecule has 1 atom stereocenters. The van der Waals surface area contributed by atoms with Gasteiger partial charge in [-0.1, -0.05) is 48.0 Å². The molecular formula is C25H25ClN2OS. The molecule has 0 unspecified atom stereocenters. The van der Waals surface area contributed by atoms with Crippen LogP contribution in [0.25, 0.3) is 0 Å². The number of carbonyl (C=O) groups is 1. The lowest BCUT2D eigenvalue weighted by atomic mass is 9.88. The van der Waals surface area contributed by atoms with Gasteiger partial charge < -0.3 is 10.2 Å². The average molecular weight is 437 g/mol. The van der Waals surface area contributed by atoms with Crippen molar-refractivity contribution in [3.63, 3.8) is 0 Å². The Balaban J connectivity index is 1.53. The van der Waals surface area contributed by atoms with Gasteiger partial charge in [0, 0.05) is 27.0 Å². The van der Waals surface area contributed by atoms with Crippen LogP contribution >= 0.6 is 22.9 Å². The van der Waals surface area contributed by atoms with Crippen molar-refractivity contribution in [2.24, 2.45) is 0 Å². The zero-order chi connectivity index (χ0) is 20.7. The number of urea groups is 1. The molecule has 0 saturated heterocycles. The highest BCUT2D eigenvalue weighted by molar-refractivity contribution is 7.12. The largest absolute Gasteiger partial charge is 0.322 e. The maximum atomic E-state index is 13.4. The number of hydrogen-bond donors (Lipinski definition) is 1. The van der Waals surface area contributed by atoms with Crippen LogP contribution in [0.15, 0.2) is 48.5 Å². The molecule has 0 spiro atoms. The lowest BCUT2D eigenvalue weighted by Gasteiger charge is -2.36. The fraction of sp³-hybridized carbons (Fsp3) is 0.320. The fourth-order valence-corrected chi connectivity index (χ4v) is 6.51. The minimum atomic E-state index is -0.0637. The van der Waals surface area contributed by atoms with Crippen LogP contribution in [0, 0.1) is 6.92 Å². The predicted molar refractivity (Wildman–Crippen MR) is 125 cm³/mol. The molecule has 5 rings (SSSR count). The van der Waals surface area contributed by atoms with E-state index in [1.54, 1.807) is 10.4 Å². The SMILES string of the molecule is Cc1ccc(Cl)cc1NC(=O)N1CCc2c(sc3c2CCCC3)[C@@H]1c1ccccc1. The molecule has 30 heavy (non-hydrogen) atoms. The average Bonchev–Trinajstić information content (AvgIpc) is 3.15. The van der Waals surface area contributed by atoms with Gasteiger partial charge in [-0.25, -0.2) is 4.79 Å². The third-order valence-corrected chi connectivity index (χ3v) is 7.91. The highest BCUT2D eigenvalue weighted by atomic mass is 35.5. The van der Waals surface area contributed by atoms with Crippen LogP contribution in [-0.4, -0.2) is 17.5 Å². The van der Waals surface area contributed by atoms with Gasteiger partial charge in [-0.15, -0.1) is 11.3 Å². The van der Waals surface area contributed by atoms with E-state index in [2.05, 4.69) is 29.6 Å². The highest BCUT2D eigenvalue weighted by Gasteiger charge is 2.36. The van der Waals surface area contributed by atoms with Crippen molar-refractivity contribution >= 4 is 34.7 Å². The van der Waals surface area contributed by atoms with E-state index in [0.29, 0.717) is 5.02 Å². The van der Waals surface area contributed by atoms with Gasteiger partial charge in [0.1, 0.15) is 0 Å². The van der Waals surface area contributed by atoms with Gasteiger partial charge in [0.2, 0.25) is 0 Å². The summed E-state index contributed by atoms with van der Waals surface area (Å²) in [6.45, 7) is 2.71. The van der Waals surface area contributed by atoms with E-state index >= 15 is 0 Å². The zero-order valence-electron chi connectivity index (χ0n) is 17.1. The Hall–Kier alpha value is -2.30. The molecule has 0 radical (unpaired) electrons. The third kappa shape index (κ3) is 3.52. The second-order valence-corrected chi connectivity index (χ2v) is 9.77. The molecule has 0 bridgehead atoms. The Kier molecular flexibility index (Phi) is 5.30. The molecule has 0 fully saturated rings. The number of rotatable bonds is 2. The first kappa shape index (κ1) is 19.7. The van der Waals surface area contributed by atoms with Crippen molar-refractivity contribution in [1.82, 2.24) is 4.90 Å². The number of nitrogens with one attached hydrogen (secondary N) is 1. The van der Waals surface area contributed by atoms with E-state index in [-0.39, 0.29) is 12.1 Å². The lowest BCUT2D eigenvalue weighted by Crippen LogP contribution is -2.42. The molecule has 2 amide bonds. The van der Waals surface area contributed by atoms with E-state index in [4.69, 9.17) is 11.6 Å². The van der Waals surface area contributed by atoms with E-state index in [9.17, 15) is 4.79 Å². The number of anilines is 1. The van der Waals surface area contributed by atoms with Gasteiger partial charge in [-0.2, -0.15) is 0 Å². The van der Waals surface area contributed by atoms with Crippen molar-refractivity contribution in [1.29, 1.82) is 0 Å². The van der Waals surface area contributed by atoms with Crippen LogP contribution in [-0.2, 0) is 19.3 Å². The number of aryl methyl sites for hydroxylation is 2. The smallest absolute Gasteiger partial charge is 0.312 e. The number of benzene rings is 2. The van der Waals surface area contributed by atoms with Crippen molar-refractivity contribution in [3.8, 4) is 0 Å². The number of nitrogens with zero attached hydrogens (tertiary/aromatic N) is 1. The van der Waals surface area contributed by atoms with Gasteiger partial charge in [0.15, 0.2) is 0 Å². The Labute approximate surface area is 186 Å². The van der Waals surface area contributed by atoms with Crippen LogP contribution < -0.4 is 5.32 Å². The van der Waals surface area contributed by atoms with Crippen LogP contribution in [0.4, 0.5) is 10.5 Å². The van der Waals surface area contributed by atoms with Crippen LogP contribution in [0.3, 0.4) is 0 Å². The number of fused-ring (bicyclic) bond motifs is 3. The fourth-order valence-electron chi connectivity index (χ4n) is 4.75. The Morgan fingerprint density at radius 3 is 2.70 bits per heavy atom. The summed E-state index contributed by atoms with van der Waals surface area (Å²) in [7, 11) is 0. The maximum absolute atomic E-state index is 13.4. The minimum absolute atomic E-state index is 0.0370. The first-order valence-electron chi connectivity index (χ1n) is 10.6. The van der Waals surface area contributed by atoms with Crippen molar-refractivity contribution in [2.45, 2.75) is 45.1 Å². The standard InChI is InChI=1S/C25H25ClN2OS/c1-16-11-12-18(26)15-21(16)27-25(29)28-14-13-20-19-9-5-6-10-22(19)30-24(20)23(28)17-7-3-2-4-8-17/h2-4,7-8,11-12,15,23H,5-6,9-10,13-14H2,1H3,(H,27,29)/t23-/m0/s1. The summed E-state index contributed by atoms with van der Waals surface area (Å²) in [6, 6.07) is 16.0. The first-order chi connectivity index (χ1) is 14.6. The Bertz CT molecular complexity index is 1090.